The molecule has 1 aliphatic heterocycles. The van der Waals surface area contributed by atoms with Crippen molar-refractivity contribution in [2.75, 3.05) is 13.2 Å². The molecule has 2 N–H and O–H groups in total. The first-order valence-corrected chi connectivity index (χ1v) is 6.97. The van der Waals surface area contributed by atoms with Gasteiger partial charge in [0, 0.05) is 6.61 Å². The highest BCUT2D eigenvalue weighted by atomic mass is 32.2. The topological polar surface area (TPSA) is 78.6 Å². The summed E-state index contributed by atoms with van der Waals surface area (Å²) in [5.74, 6) is 0.632. The number of hydrogen-bond acceptors (Lipinski definition) is 4. The van der Waals surface area contributed by atoms with Crippen LogP contribution in [0.2, 0.25) is 0 Å². The van der Waals surface area contributed by atoms with Crippen LogP contribution < -0.4 is 9.88 Å². The maximum absolute atomic E-state index is 11.1. The van der Waals surface area contributed by atoms with E-state index >= 15 is 0 Å². The van der Waals surface area contributed by atoms with Crippen LogP contribution in [0.1, 0.15) is 12.8 Å². The van der Waals surface area contributed by atoms with Gasteiger partial charge >= 0.3 is 0 Å². The number of ether oxygens (including phenoxy) is 2. The van der Waals surface area contributed by atoms with E-state index in [9.17, 15) is 8.42 Å². The van der Waals surface area contributed by atoms with Gasteiger partial charge in [-0.1, -0.05) is 0 Å². The van der Waals surface area contributed by atoms with Crippen LogP contribution in [-0.4, -0.2) is 27.7 Å². The lowest BCUT2D eigenvalue weighted by atomic mass is 10.2. The predicted octanol–water partition coefficient (Wildman–Crippen LogP) is 0.892. The fraction of sp³-hybridized carbons (Fsp3) is 0.455. The average Bonchev–Trinajstić information content (AvgIpc) is 2.30. The molecule has 0 saturated carbocycles. The highest BCUT2D eigenvalue weighted by molar-refractivity contribution is 7.89. The smallest absolute Gasteiger partial charge is 0.238 e. The van der Waals surface area contributed by atoms with Crippen molar-refractivity contribution in [3.05, 3.63) is 24.3 Å². The zero-order valence-corrected chi connectivity index (χ0v) is 10.2. The molecular weight excluding hydrogens is 242 g/mol. The third-order valence-electron chi connectivity index (χ3n) is 2.57. The molecule has 1 heterocycles. The summed E-state index contributed by atoms with van der Waals surface area (Å²) in [6.07, 6.45) is 1.99. The Morgan fingerprint density at radius 1 is 1.29 bits per heavy atom. The minimum atomic E-state index is -3.63. The largest absolute Gasteiger partial charge is 0.488 e. The van der Waals surface area contributed by atoms with Gasteiger partial charge in [-0.25, -0.2) is 13.6 Å². The molecule has 1 saturated heterocycles. The number of hydrogen-bond donors (Lipinski definition) is 1. The van der Waals surface area contributed by atoms with E-state index in [0.717, 1.165) is 19.4 Å². The van der Waals surface area contributed by atoms with Crippen LogP contribution in [0.25, 0.3) is 0 Å². The van der Waals surface area contributed by atoms with Crippen LogP contribution in [-0.2, 0) is 14.8 Å². The number of nitrogens with two attached hydrogens (primary N) is 1. The molecular formula is C11H15NO4S. The summed E-state index contributed by atoms with van der Waals surface area (Å²) in [6.45, 7) is 1.36. The molecule has 1 aliphatic rings. The zero-order chi connectivity index (χ0) is 12.3. The maximum atomic E-state index is 11.1. The van der Waals surface area contributed by atoms with Crippen molar-refractivity contribution in [3.63, 3.8) is 0 Å². The van der Waals surface area contributed by atoms with Gasteiger partial charge in [0.1, 0.15) is 11.9 Å². The van der Waals surface area contributed by atoms with Gasteiger partial charge in [0.2, 0.25) is 10.0 Å². The van der Waals surface area contributed by atoms with Crippen LogP contribution >= 0.6 is 0 Å². The number of sulfonamides is 1. The highest BCUT2D eigenvalue weighted by Crippen LogP contribution is 2.19. The third-order valence-corrected chi connectivity index (χ3v) is 3.50. The Balaban J connectivity index is 2.03. The summed E-state index contributed by atoms with van der Waals surface area (Å²) < 4.78 is 33.1. The van der Waals surface area contributed by atoms with Crippen molar-refractivity contribution >= 4 is 10.0 Å². The lowest BCUT2D eigenvalue weighted by Crippen LogP contribution is -2.27. The van der Waals surface area contributed by atoms with Crippen LogP contribution in [0.15, 0.2) is 29.2 Å². The van der Waals surface area contributed by atoms with Crippen molar-refractivity contribution in [2.45, 2.75) is 23.8 Å². The molecule has 17 heavy (non-hydrogen) atoms. The summed E-state index contributed by atoms with van der Waals surface area (Å²) in [5.41, 5.74) is 0. The molecule has 0 spiro atoms. The molecule has 6 heteroatoms. The Kier molecular flexibility index (Phi) is 3.66. The van der Waals surface area contributed by atoms with Gasteiger partial charge in [-0.05, 0) is 37.1 Å². The summed E-state index contributed by atoms with van der Waals surface area (Å²) in [5, 5.41) is 5.00. The summed E-state index contributed by atoms with van der Waals surface area (Å²) in [6, 6.07) is 6.09. The van der Waals surface area contributed by atoms with E-state index in [2.05, 4.69) is 0 Å². The Labute approximate surface area is 101 Å². The second-order valence-corrected chi connectivity index (χ2v) is 5.53. The Morgan fingerprint density at radius 2 is 2.00 bits per heavy atom. The van der Waals surface area contributed by atoms with E-state index in [1.54, 1.807) is 12.1 Å². The molecule has 1 aromatic carbocycles. The van der Waals surface area contributed by atoms with Gasteiger partial charge in [0.25, 0.3) is 0 Å². The Hall–Kier alpha value is -1.11. The highest BCUT2D eigenvalue weighted by Gasteiger charge is 2.15. The van der Waals surface area contributed by atoms with Gasteiger partial charge in [0.05, 0.1) is 11.5 Å². The normalized spacial score (nSPS) is 21.1. The van der Waals surface area contributed by atoms with Crippen LogP contribution in [0.5, 0.6) is 5.75 Å². The molecule has 94 valence electrons. The van der Waals surface area contributed by atoms with Crippen molar-refractivity contribution in [2.24, 2.45) is 5.14 Å². The summed E-state index contributed by atoms with van der Waals surface area (Å²) in [7, 11) is -3.63. The van der Waals surface area contributed by atoms with Gasteiger partial charge in [-0.3, -0.25) is 0 Å². The molecule has 0 bridgehead atoms. The van der Waals surface area contributed by atoms with Crippen molar-refractivity contribution < 1.29 is 17.9 Å². The molecule has 1 fully saturated rings. The van der Waals surface area contributed by atoms with E-state index in [1.165, 1.54) is 12.1 Å². The Bertz CT molecular complexity index is 463. The van der Waals surface area contributed by atoms with Crippen LogP contribution in [0, 0.1) is 0 Å². The van der Waals surface area contributed by atoms with E-state index in [-0.39, 0.29) is 11.0 Å². The lowest BCUT2D eigenvalue weighted by molar-refractivity contribution is 0.00741. The van der Waals surface area contributed by atoms with Gasteiger partial charge < -0.3 is 9.47 Å². The van der Waals surface area contributed by atoms with Gasteiger partial charge in [-0.2, -0.15) is 0 Å². The summed E-state index contributed by atoms with van der Waals surface area (Å²) in [4.78, 5) is 0.0877. The first kappa shape index (κ1) is 12.3. The van der Waals surface area contributed by atoms with Crippen molar-refractivity contribution in [1.29, 1.82) is 0 Å². The van der Waals surface area contributed by atoms with Crippen LogP contribution in [0.4, 0.5) is 0 Å². The monoisotopic (exact) mass is 257 g/mol. The SMILES string of the molecule is NS(=O)(=O)c1ccc(OC2CCCOC2)cc1. The number of rotatable bonds is 3. The minimum Gasteiger partial charge on any atom is -0.488 e. The molecule has 0 radical (unpaired) electrons. The van der Waals surface area contributed by atoms with E-state index in [4.69, 9.17) is 14.6 Å². The molecule has 1 aromatic rings. The molecule has 0 aromatic heterocycles. The number of primary sulfonamides is 1. The van der Waals surface area contributed by atoms with Crippen molar-refractivity contribution in [3.8, 4) is 5.75 Å². The Morgan fingerprint density at radius 3 is 2.53 bits per heavy atom. The maximum Gasteiger partial charge on any atom is 0.238 e. The first-order valence-electron chi connectivity index (χ1n) is 5.43. The molecule has 5 nitrogen and oxygen atoms in total. The summed E-state index contributed by atoms with van der Waals surface area (Å²) >= 11 is 0. The van der Waals surface area contributed by atoms with Gasteiger partial charge in [-0.15, -0.1) is 0 Å². The quantitative estimate of drug-likeness (QED) is 0.872. The van der Waals surface area contributed by atoms with Gasteiger partial charge in [0.15, 0.2) is 0 Å². The van der Waals surface area contributed by atoms with Crippen LogP contribution in [0.3, 0.4) is 0 Å². The predicted molar refractivity (Wildman–Crippen MR) is 62.3 cm³/mol. The minimum absolute atomic E-state index is 0.0454. The second-order valence-electron chi connectivity index (χ2n) is 3.97. The molecule has 1 atom stereocenters. The number of benzene rings is 1. The molecule has 0 aliphatic carbocycles. The second kappa shape index (κ2) is 5.03. The standard InChI is InChI=1S/C11H15NO4S/c12-17(13,14)11-5-3-9(4-6-11)16-10-2-1-7-15-8-10/h3-6,10H,1-2,7-8H2,(H2,12,13,14). The molecule has 0 amide bonds. The fourth-order valence-corrected chi connectivity index (χ4v) is 2.22. The zero-order valence-electron chi connectivity index (χ0n) is 9.33. The van der Waals surface area contributed by atoms with Crippen molar-refractivity contribution in [1.82, 2.24) is 0 Å². The van der Waals surface area contributed by atoms with E-state index in [0.29, 0.717) is 12.4 Å². The van der Waals surface area contributed by atoms with E-state index in [1.807, 2.05) is 0 Å². The molecule has 2 rings (SSSR count). The average molecular weight is 257 g/mol. The molecule has 1 unspecified atom stereocenters. The first-order chi connectivity index (χ1) is 8.05. The van der Waals surface area contributed by atoms with E-state index < -0.39 is 10.0 Å². The fourth-order valence-electron chi connectivity index (χ4n) is 1.70. The third kappa shape index (κ3) is 3.42. The lowest BCUT2D eigenvalue weighted by Gasteiger charge is -2.23.